The SMILES string of the molecule is CC#CC(O)c1ccccn1. The molecule has 1 atom stereocenters. The summed E-state index contributed by atoms with van der Waals surface area (Å²) >= 11 is 0. The normalized spacial score (nSPS) is 11.5. The van der Waals surface area contributed by atoms with Crippen LogP contribution in [0, 0.1) is 11.8 Å². The van der Waals surface area contributed by atoms with Gasteiger partial charge in [0.25, 0.3) is 0 Å². The minimum absolute atomic E-state index is 0.599. The Morgan fingerprint density at radius 1 is 1.55 bits per heavy atom. The molecular formula is C9H9NO. The van der Waals surface area contributed by atoms with Crippen molar-refractivity contribution in [3.8, 4) is 11.8 Å². The molecule has 0 aliphatic rings. The first-order valence-electron chi connectivity index (χ1n) is 3.36. The molecule has 0 bridgehead atoms. The molecule has 0 spiro atoms. The number of nitrogens with zero attached hydrogens (tertiary/aromatic N) is 1. The molecule has 0 saturated carbocycles. The minimum atomic E-state index is -0.749. The van der Waals surface area contributed by atoms with Crippen LogP contribution in [0.2, 0.25) is 0 Å². The molecule has 0 aromatic carbocycles. The first-order valence-corrected chi connectivity index (χ1v) is 3.36. The maximum absolute atomic E-state index is 9.28. The van der Waals surface area contributed by atoms with E-state index in [4.69, 9.17) is 0 Å². The molecule has 1 N–H and O–H groups in total. The van der Waals surface area contributed by atoms with Gasteiger partial charge in [-0.1, -0.05) is 12.0 Å². The fourth-order valence-corrected chi connectivity index (χ4v) is 0.748. The third-order valence-corrected chi connectivity index (χ3v) is 1.25. The van der Waals surface area contributed by atoms with Crippen molar-refractivity contribution in [1.29, 1.82) is 0 Å². The fourth-order valence-electron chi connectivity index (χ4n) is 0.748. The van der Waals surface area contributed by atoms with Crippen LogP contribution >= 0.6 is 0 Å². The summed E-state index contributed by atoms with van der Waals surface area (Å²) < 4.78 is 0. The molecule has 2 heteroatoms. The molecule has 0 aliphatic heterocycles. The standard InChI is InChI=1S/C9H9NO/c1-2-5-9(11)8-6-3-4-7-10-8/h3-4,6-7,9,11H,1H3. The predicted octanol–water partition coefficient (Wildman–Crippen LogP) is 1.14. The summed E-state index contributed by atoms with van der Waals surface area (Å²) in [6, 6.07) is 5.37. The highest BCUT2D eigenvalue weighted by Gasteiger charge is 2.01. The Hall–Kier alpha value is -1.33. The number of pyridine rings is 1. The molecule has 1 heterocycles. The molecule has 1 aromatic heterocycles. The van der Waals surface area contributed by atoms with Gasteiger partial charge in [-0.2, -0.15) is 0 Å². The minimum Gasteiger partial charge on any atom is -0.374 e. The largest absolute Gasteiger partial charge is 0.374 e. The van der Waals surface area contributed by atoms with Crippen molar-refractivity contribution in [2.24, 2.45) is 0 Å². The molecule has 0 amide bonds. The Balaban J connectivity index is 2.82. The van der Waals surface area contributed by atoms with Gasteiger partial charge in [-0.25, -0.2) is 0 Å². The highest BCUT2D eigenvalue weighted by Crippen LogP contribution is 2.05. The summed E-state index contributed by atoms with van der Waals surface area (Å²) in [5.74, 6) is 5.23. The summed E-state index contributed by atoms with van der Waals surface area (Å²) in [7, 11) is 0. The summed E-state index contributed by atoms with van der Waals surface area (Å²) in [6.45, 7) is 1.69. The van der Waals surface area contributed by atoms with Crippen LogP contribution in [0.1, 0.15) is 18.7 Å². The van der Waals surface area contributed by atoms with E-state index >= 15 is 0 Å². The number of hydrogen-bond donors (Lipinski definition) is 1. The Kier molecular flexibility index (Phi) is 2.65. The molecule has 0 radical (unpaired) electrons. The van der Waals surface area contributed by atoms with Gasteiger partial charge in [-0.3, -0.25) is 4.98 Å². The molecule has 1 unspecified atom stereocenters. The lowest BCUT2D eigenvalue weighted by molar-refractivity contribution is 0.233. The third-order valence-electron chi connectivity index (χ3n) is 1.25. The fraction of sp³-hybridized carbons (Fsp3) is 0.222. The number of aromatic nitrogens is 1. The smallest absolute Gasteiger partial charge is 0.156 e. The van der Waals surface area contributed by atoms with Gasteiger partial charge >= 0.3 is 0 Å². The number of aliphatic hydroxyl groups is 1. The second-order valence-electron chi connectivity index (χ2n) is 2.05. The highest BCUT2D eigenvalue weighted by molar-refractivity contribution is 5.16. The quantitative estimate of drug-likeness (QED) is 0.604. The molecular weight excluding hydrogens is 138 g/mol. The van der Waals surface area contributed by atoms with Gasteiger partial charge in [0.15, 0.2) is 6.10 Å². The summed E-state index contributed by atoms with van der Waals surface area (Å²) in [4.78, 5) is 3.94. The zero-order valence-corrected chi connectivity index (χ0v) is 6.28. The van der Waals surface area contributed by atoms with Crippen LogP contribution in [-0.2, 0) is 0 Å². The summed E-state index contributed by atoms with van der Waals surface area (Å²) in [6.07, 6.45) is 0.886. The first-order chi connectivity index (χ1) is 5.34. The van der Waals surface area contributed by atoms with E-state index in [9.17, 15) is 5.11 Å². The molecule has 0 fully saturated rings. The summed E-state index contributed by atoms with van der Waals surface area (Å²) in [5.41, 5.74) is 0.599. The predicted molar refractivity (Wildman–Crippen MR) is 42.6 cm³/mol. The van der Waals surface area contributed by atoms with Gasteiger partial charge in [0.1, 0.15) is 0 Å². The first kappa shape index (κ1) is 7.77. The highest BCUT2D eigenvalue weighted by atomic mass is 16.3. The maximum Gasteiger partial charge on any atom is 0.156 e. The van der Waals surface area contributed by atoms with E-state index in [0.717, 1.165) is 0 Å². The van der Waals surface area contributed by atoms with E-state index in [2.05, 4.69) is 16.8 Å². The molecule has 0 aliphatic carbocycles. The lowest BCUT2D eigenvalue weighted by Gasteiger charge is -1.99. The second kappa shape index (κ2) is 3.75. The van der Waals surface area contributed by atoms with Crippen LogP contribution in [-0.4, -0.2) is 10.1 Å². The van der Waals surface area contributed by atoms with Crippen molar-refractivity contribution in [2.75, 3.05) is 0 Å². The Bertz CT molecular complexity index is 271. The molecule has 0 saturated heterocycles. The topological polar surface area (TPSA) is 33.1 Å². The van der Waals surface area contributed by atoms with Crippen LogP contribution in [0.4, 0.5) is 0 Å². The van der Waals surface area contributed by atoms with Crippen molar-refractivity contribution in [3.63, 3.8) is 0 Å². The van der Waals surface area contributed by atoms with Crippen molar-refractivity contribution in [3.05, 3.63) is 30.1 Å². The van der Waals surface area contributed by atoms with Gasteiger partial charge in [0.2, 0.25) is 0 Å². The number of aliphatic hydroxyl groups excluding tert-OH is 1. The van der Waals surface area contributed by atoms with Gasteiger partial charge in [0.05, 0.1) is 5.69 Å². The zero-order valence-electron chi connectivity index (χ0n) is 6.28. The lowest BCUT2D eigenvalue weighted by atomic mass is 10.2. The summed E-state index contributed by atoms with van der Waals surface area (Å²) in [5, 5.41) is 9.28. The second-order valence-corrected chi connectivity index (χ2v) is 2.05. The van der Waals surface area contributed by atoms with E-state index in [1.807, 2.05) is 6.07 Å². The van der Waals surface area contributed by atoms with Crippen LogP contribution in [0.25, 0.3) is 0 Å². The van der Waals surface area contributed by atoms with Gasteiger partial charge in [0, 0.05) is 6.20 Å². The monoisotopic (exact) mass is 147 g/mol. The van der Waals surface area contributed by atoms with Crippen LogP contribution in [0.5, 0.6) is 0 Å². The lowest BCUT2D eigenvalue weighted by Crippen LogP contribution is -1.95. The Morgan fingerprint density at radius 3 is 2.91 bits per heavy atom. The molecule has 56 valence electrons. The Labute approximate surface area is 65.9 Å². The average molecular weight is 147 g/mol. The molecule has 1 rings (SSSR count). The van der Waals surface area contributed by atoms with Crippen LogP contribution < -0.4 is 0 Å². The van der Waals surface area contributed by atoms with E-state index < -0.39 is 6.10 Å². The van der Waals surface area contributed by atoms with E-state index in [1.54, 1.807) is 25.3 Å². The van der Waals surface area contributed by atoms with Gasteiger partial charge < -0.3 is 5.11 Å². The molecule has 2 nitrogen and oxygen atoms in total. The van der Waals surface area contributed by atoms with Crippen molar-refractivity contribution in [2.45, 2.75) is 13.0 Å². The van der Waals surface area contributed by atoms with E-state index in [1.165, 1.54) is 0 Å². The number of hydrogen-bond acceptors (Lipinski definition) is 2. The van der Waals surface area contributed by atoms with Crippen LogP contribution in [0.3, 0.4) is 0 Å². The molecule has 1 aromatic rings. The van der Waals surface area contributed by atoms with Crippen LogP contribution in [0.15, 0.2) is 24.4 Å². The van der Waals surface area contributed by atoms with E-state index in [-0.39, 0.29) is 0 Å². The maximum atomic E-state index is 9.28. The number of rotatable bonds is 1. The average Bonchev–Trinajstić information content (AvgIpc) is 2.07. The van der Waals surface area contributed by atoms with E-state index in [0.29, 0.717) is 5.69 Å². The van der Waals surface area contributed by atoms with Crippen molar-refractivity contribution in [1.82, 2.24) is 4.98 Å². The van der Waals surface area contributed by atoms with Crippen molar-refractivity contribution < 1.29 is 5.11 Å². The van der Waals surface area contributed by atoms with Gasteiger partial charge in [-0.15, -0.1) is 5.92 Å². The Morgan fingerprint density at radius 2 is 2.36 bits per heavy atom. The third kappa shape index (κ3) is 2.06. The zero-order chi connectivity index (χ0) is 8.10. The molecule has 11 heavy (non-hydrogen) atoms. The van der Waals surface area contributed by atoms with Gasteiger partial charge in [-0.05, 0) is 19.1 Å². The van der Waals surface area contributed by atoms with Crippen molar-refractivity contribution >= 4 is 0 Å².